The summed E-state index contributed by atoms with van der Waals surface area (Å²) in [4.78, 5) is 2.42. The van der Waals surface area contributed by atoms with E-state index in [1.807, 2.05) is 0 Å². The van der Waals surface area contributed by atoms with Crippen molar-refractivity contribution in [1.29, 1.82) is 0 Å². The molecule has 1 fully saturated rings. The molecule has 0 aliphatic heterocycles. The van der Waals surface area contributed by atoms with E-state index in [1.54, 1.807) is 0 Å². The number of nitrogens with one attached hydrogen (secondary N) is 1. The predicted molar refractivity (Wildman–Crippen MR) is 82.1 cm³/mol. The number of rotatable bonds is 8. The monoisotopic (exact) mass is 260 g/mol. The molecule has 0 spiro atoms. The molecular formula is C17H28N2. The van der Waals surface area contributed by atoms with Crippen LogP contribution in [-0.2, 0) is 13.1 Å². The maximum Gasteiger partial charge on any atom is 0.0230 e. The highest BCUT2D eigenvalue weighted by atomic mass is 15.1. The van der Waals surface area contributed by atoms with E-state index < -0.39 is 0 Å². The van der Waals surface area contributed by atoms with Crippen LogP contribution in [0.1, 0.15) is 44.2 Å². The molecule has 0 bridgehead atoms. The number of hydrogen-bond acceptors (Lipinski definition) is 2. The Morgan fingerprint density at radius 1 is 1.21 bits per heavy atom. The minimum atomic E-state index is 0.784. The molecule has 2 nitrogen and oxygen atoms in total. The van der Waals surface area contributed by atoms with Crippen LogP contribution in [-0.4, -0.2) is 24.5 Å². The van der Waals surface area contributed by atoms with E-state index >= 15 is 0 Å². The maximum atomic E-state index is 3.56. The van der Waals surface area contributed by atoms with Gasteiger partial charge in [0.05, 0.1) is 0 Å². The SMILES string of the molecule is CCC(C)CN(C)Cc1ccc(CNC2CC2)cc1. The fourth-order valence-electron chi connectivity index (χ4n) is 2.35. The number of nitrogens with zero attached hydrogens (tertiary/aromatic N) is 1. The topological polar surface area (TPSA) is 15.3 Å². The molecule has 0 aromatic heterocycles. The highest BCUT2D eigenvalue weighted by Gasteiger charge is 2.19. The van der Waals surface area contributed by atoms with Gasteiger partial charge in [0.2, 0.25) is 0 Å². The third-order valence-electron chi connectivity index (χ3n) is 3.97. The number of hydrogen-bond donors (Lipinski definition) is 1. The standard InChI is InChI=1S/C17H28N2/c1-4-14(2)12-19(3)13-16-7-5-15(6-8-16)11-18-17-9-10-17/h5-8,14,17-18H,4,9-13H2,1-3H3. The molecular weight excluding hydrogens is 232 g/mol. The van der Waals surface area contributed by atoms with Crippen LogP contribution in [0.15, 0.2) is 24.3 Å². The molecule has 1 saturated carbocycles. The Bertz CT molecular complexity index is 367. The summed E-state index contributed by atoms with van der Waals surface area (Å²) in [7, 11) is 2.22. The minimum Gasteiger partial charge on any atom is -0.310 e. The Labute approximate surface area is 118 Å². The fourth-order valence-corrected chi connectivity index (χ4v) is 2.35. The van der Waals surface area contributed by atoms with Gasteiger partial charge in [-0.05, 0) is 36.9 Å². The predicted octanol–water partition coefficient (Wildman–Crippen LogP) is 3.42. The van der Waals surface area contributed by atoms with E-state index in [4.69, 9.17) is 0 Å². The first-order valence-corrected chi connectivity index (χ1v) is 7.67. The van der Waals surface area contributed by atoms with Gasteiger partial charge in [0.15, 0.2) is 0 Å². The molecule has 2 heteroatoms. The molecule has 1 unspecified atom stereocenters. The van der Waals surface area contributed by atoms with Gasteiger partial charge in [-0.1, -0.05) is 44.5 Å². The maximum absolute atomic E-state index is 3.56. The van der Waals surface area contributed by atoms with Crippen LogP contribution >= 0.6 is 0 Å². The van der Waals surface area contributed by atoms with Crippen LogP contribution in [0.3, 0.4) is 0 Å². The van der Waals surface area contributed by atoms with Gasteiger partial charge in [-0.25, -0.2) is 0 Å². The third-order valence-corrected chi connectivity index (χ3v) is 3.97. The van der Waals surface area contributed by atoms with Gasteiger partial charge in [-0.2, -0.15) is 0 Å². The average Bonchev–Trinajstić information content (AvgIpc) is 3.21. The normalized spacial score (nSPS) is 16.8. The molecule has 106 valence electrons. The zero-order chi connectivity index (χ0) is 13.7. The van der Waals surface area contributed by atoms with E-state index in [0.717, 1.165) is 25.0 Å². The molecule has 0 saturated heterocycles. The molecule has 1 atom stereocenters. The number of benzene rings is 1. The second kappa shape index (κ2) is 7.06. The summed E-state index contributed by atoms with van der Waals surface area (Å²) in [5, 5.41) is 3.56. The van der Waals surface area contributed by atoms with Crippen molar-refractivity contribution in [2.24, 2.45) is 5.92 Å². The highest BCUT2D eigenvalue weighted by Crippen LogP contribution is 2.19. The summed E-state index contributed by atoms with van der Waals surface area (Å²) in [6.45, 7) is 7.85. The minimum absolute atomic E-state index is 0.784. The fraction of sp³-hybridized carbons (Fsp3) is 0.647. The van der Waals surface area contributed by atoms with Gasteiger partial charge in [0.1, 0.15) is 0 Å². The molecule has 0 radical (unpaired) electrons. The van der Waals surface area contributed by atoms with E-state index in [1.165, 1.54) is 36.9 Å². The van der Waals surface area contributed by atoms with E-state index in [2.05, 4.69) is 55.4 Å². The Balaban J connectivity index is 1.76. The van der Waals surface area contributed by atoms with Gasteiger partial charge in [0, 0.05) is 25.7 Å². The molecule has 1 aromatic rings. The van der Waals surface area contributed by atoms with Crippen LogP contribution in [0.4, 0.5) is 0 Å². The van der Waals surface area contributed by atoms with E-state index in [0.29, 0.717) is 0 Å². The molecule has 1 N–H and O–H groups in total. The van der Waals surface area contributed by atoms with Gasteiger partial charge >= 0.3 is 0 Å². The Morgan fingerprint density at radius 2 is 1.84 bits per heavy atom. The zero-order valence-electron chi connectivity index (χ0n) is 12.7. The summed E-state index contributed by atoms with van der Waals surface area (Å²) in [6, 6.07) is 9.87. The van der Waals surface area contributed by atoms with Crippen molar-refractivity contribution in [3.05, 3.63) is 35.4 Å². The summed E-state index contributed by atoms with van der Waals surface area (Å²) in [5.41, 5.74) is 2.82. The van der Waals surface area contributed by atoms with Crippen molar-refractivity contribution in [3.63, 3.8) is 0 Å². The van der Waals surface area contributed by atoms with Crippen molar-refractivity contribution in [1.82, 2.24) is 10.2 Å². The van der Waals surface area contributed by atoms with Crippen LogP contribution < -0.4 is 5.32 Å². The highest BCUT2D eigenvalue weighted by molar-refractivity contribution is 5.22. The van der Waals surface area contributed by atoms with Gasteiger partial charge in [-0.3, -0.25) is 0 Å². The second-order valence-corrected chi connectivity index (χ2v) is 6.18. The van der Waals surface area contributed by atoms with E-state index in [-0.39, 0.29) is 0 Å². The largest absolute Gasteiger partial charge is 0.310 e. The first kappa shape index (κ1) is 14.5. The van der Waals surface area contributed by atoms with Crippen molar-refractivity contribution in [2.75, 3.05) is 13.6 Å². The van der Waals surface area contributed by atoms with Crippen LogP contribution in [0, 0.1) is 5.92 Å². The van der Waals surface area contributed by atoms with Gasteiger partial charge in [0.25, 0.3) is 0 Å². The lowest BCUT2D eigenvalue weighted by atomic mass is 10.1. The van der Waals surface area contributed by atoms with Crippen molar-refractivity contribution in [3.8, 4) is 0 Å². The Kier molecular flexibility index (Phi) is 5.41. The molecule has 19 heavy (non-hydrogen) atoms. The molecule has 0 amide bonds. The molecule has 2 rings (SSSR count). The van der Waals surface area contributed by atoms with Crippen LogP contribution in [0.5, 0.6) is 0 Å². The lowest BCUT2D eigenvalue weighted by Crippen LogP contribution is -2.23. The molecule has 1 aliphatic rings. The first-order valence-electron chi connectivity index (χ1n) is 7.67. The Morgan fingerprint density at radius 3 is 2.42 bits per heavy atom. The first-order chi connectivity index (χ1) is 9.17. The van der Waals surface area contributed by atoms with Crippen molar-refractivity contribution >= 4 is 0 Å². The smallest absolute Gasteiger partial charge is 0.0230 e. The summed E-state index contributed by atoms with van der Waals surface area (Å²) >= 11 is 0. The lowest BCUT2D eigenvalue weighted by molar-refractivity contribution is 0.275. The molecule has 1 aromatic carbocycles. The lowest BCUT2D eigenvalue weighted by Gasteiger charge is -2.20. The van der Waals surface area contributed by atoms with Gasteiger partial charge in [-0.15, -0.1) is 0 Å². The Hall–Kier alpha value is -0.860. The quantitative estimate of drug-likeness (QED) is 0.770. The van der Waals surface area contributed by atoms with Crippen molar-refractivity contribution in [2.45, 2.75) is 52.2 Å². The second-order valence-electron chi connectivity index (χ2n) is 6.18. The van der Waals surface area contributed by atoms with Gasteiger partial charge < -0.3 is 10.2 Å². The molecule has 0 heterocycles. The van der Waals surface area contributed by atoms with Crippen molar-refractivity contribution < 1.29 is 0 Å². The molecule has 1 aliphatic carbocycles. The average molecular weight is 260 g/mol. The summed E-state index contributed by atoms with van der Waals surface area (Å²) < 4.78 is 0. The van der Waals surface area contributed by atoms with Crippen LogP contribution in [0.25, 0.3) is 0 Å². The summed E-state index contributed by atoms with van der Waals surface area (Å²) in [5.74, 6) is 0.784. The third kappa shape index (κ3) is 5.33. The van der Waals surface area contributed by atoms with E-state index in [9.17, 15) is 0 Å². The van der Waals surface area contributed by atoms with Crippen LogP contribution in [0.2, 0.25) is 0 Å². The summed E-state index contributed by atoms with van der Waals surface area (Å²) in [6.07, 6.45) is 3.98. The zero-order valence-corrected chi connectivity index (χ0v) is 12.7.